The molecule has 31 heavy (non-hydrogen) atoms. The first kappa shape index (κ1) is 20.0. The van der Waals surface area contributed by atoms with Crippen molar-refractivity contribution < 1.29 is 27.9 Å². The number of furan rings is 1. The molecule has 9 heteroatoms. The van der Waals surface area contributed by atoms with E-state index in [1.165, 1.54) is 27.6 Å². The minimum absolute atomic E-state index is 0.193. The number of hydrogen-bond donors (Lipinski definition) is 1. The fourth-order valence-electron chi connectivity index (χ4n) is 3.03. The van der Waals surface area contributed by atoms with Gasteiger partial charge in [-0.3, -0.25) is 4.79 Å². The number of amides is 1. The summed E-state index contributed by atoms with van der Waals surface area (Å²) in [4.78, 5) is 16.9. The van der Waals surface area contributed by atoms with Crippen molar-refractivity contribution in [2.75, 3.05) is 26.6 Å². The van der Waals surface area contributed by atoms with Crippen LogP contribution in [0.15, 0.2) is 63.7 Å². The summed E-state index contributed by atoms with van der Waals surface area (Å²) in [6, 6.07) is 13.8. The molecule has 2 aromatic heterocycles. The van der Waals surface area contributed by atoms with E-state index in [0.717, 1.165) is 0 Å². The van der Waals surface area contributed by atoms with Gasteiger partial charge in [-0.25, -0.2) is 0 Å². The van der Waals surface area contributed by atoms with Crippen LogP contribution in [0.5, 0.6) is 17.2 Å². The van der Waals surface area contributed by atoms with Gasteiger partial charge in [0.15, 0.2) is 17.3 Å². The Hall–Kier alpha value is -4.27. The van der Waals surface area contributed by atoms with Gasteiger partial charge >= 0.3 is 0 Å². The number of hydrogen-bond acceptors (Lipinski definition) is 8. The third-order valence-electron chi connectivity index (χ3n) is 4.50. The first-order valence-corrected chi connectivity index (χ1v) is 9.23. The maximum atomic E-state index is 12.4. The summed E-state index contributed by atoms with van der Waals surface area (Å²) in [5.41, 5.74) is 1.68. The van der Waals surface area contributed by atoms with Crippen molar-refractivity contribution in [1.29, 1.82) is 0 Å². The molecule has 9 nitrogen and oxygen atoms in total. The molecule has 0 atom stereocenters. The minimum atomic E-state index is -0.387. The van der Waals surface area contributed by atoms with Crippen molar-refractivity contribution in [3.8, 4) is 40.1 Å². The molecule has 0 aliphatic rings. The van der Waals surface area contributed by atoms with Crippen LogP contribution in [0.4, 0.5) is 5.69 Å². The van der Waals surface area contributed by atoms with Gasteiger partial charge in [0.25, 0.3) is 11.8 Å². The number of nitrogens with one attached hydrogen (secondary N) is 1. The first-order chi connectivity index (χ1) is 15.1. The second kappa shape index (κ2) is 8.62. The summed E-state index contributed by atoms with van der Waals surface area (Å²) < 4.78 is 26.7. The van der Waals surface area contributed by atoms with Crippen molar-refractivity contribution in [3.05, 3.63) is 60.6 Å². The molecule has 0 aliphatic heterocycles. The molecule has 4 rings (SSSR count). The molecule has 0 radical (unpaired) electrons. The van der Waals surface area contributed by atoms with E-state index in [9.17, 15) is 4.79 Å². The topological polar surface area (TPSA) is 109 Å². The van der Waals surface area contributed by atoms with E-state index in [1.54, 1.807) is 48.5 Å². The number of ether oxygens (including phenoxy) is 3. The average Bonchev–Trinajstić information content (AvgIpc) is 3.51. The lowest BCUT2D eigenvalue weighted by Gasteiger charge is -2.12. The third kappa shape index (κ3) is 3.93. The zero-order valence-corrected chi connectivity index (χ0v) is 17.0. The van der Waals surface area contributed by atoms with Crippen LogP contribution < -0.4 is 19.5 Å². The smallest absolute Gasteiger partial charge is 0.291 e. The SMILES string of the molecule is COc1cc(-c2noc(-c3ccccc3NC(=O)c3ccco3)n2)cc(OC)c1OC. The molecule has 4 aromatic rings. The standard InChI is InChI=1S/C22H19N3O6/c1-27-17-11-13(12-18(28-2)19(17)29-3)20-24-22(31-25-20)14-7-4-5-8-15(14)23-21(26)16-9-6-10-30-16/h4-12H,1-3H3,(H,23,26). The van der Waals surface area contributed by atoms with Crippen molar-refractivity contribution in [2.45, 2.75) is 0 Å². The van der Waals surface area contributed by atoms with Crippen LogP contribution in [-0.2, 0) is 0 Å². The highest BCUT2D eigenvalue weighted by Gasteiger charge is 2.20. The van der Waals surface area contributed by atoms with Crippen LogP contribution in [0, 0.1) is 0 Å². The van der Waals surface area contributed by atoms with E-state index >= 15 is 0 Å². The molecule has 0 bridgehead atoms. The molecule has 0 saturated heterocycles. The number of benzene rings is 2. The van der Waals surface area contributed by atoms with Crippen molar-refractivity contribution in [2.24, 2.45) is 0 Å². The second-order valence-corrected chi connectivity index (χ2v) is 6.31. The fourth-order valence-corrected chi connectivity index (χ4v) is 3.03. The molecular formula is C22H19N3O6. The number of nitrogens with zero attached hydrogens (tertiary/aromatic N) is 2. The van der Waals surface area contributed by atoms with E-state index in [0.29, 0.717) is 39.9 Å². The normalized spacial score (nSPS) is 10.5. The Morgan fingerprint density at radius 2 is 1.71 bits per heavy atom. The summed E-state index contributed by atoms with van der Waals surface area (Å²) in [7, 11) is 4.59. The monoisotopic (exact) mass is 421 g/mol. The van der Waals surface area contributed by atoms with Gasteiger partial charge in [-0.05, 0) is 36.4 Å². The molecule has 1 amide bonds. The molecule has 0 unspecified atom stereocenters. The highest BCUT2D eigenvalue weighted by molar-refractivity contribution is 6.04. The number of carbonyl (C=O) groups excluding carboxylic acids is 1. The zero-order chi connectivity index (χ0) is 21.8. The fraction of sp³-hybridized carbons (Fsp3) is 0.136. The summed E-state index contributed by atoms with van der Waals surface area (Å²) >= 11 is 0. The van der Waals surface area contributed by atoms with Crippen LogP contribution in [0.3, 0.4) is 0 Å². The number of aromatic nitrogens is 2. The van der Waals surface area contributed by atoms with Gasteiger partial charge in [-0.1, -0.05) is 17.3 Å². The van der Waals surface area contributed by atoms with Gasteiger partial charge in [0, 0.05) is 5.56 Å². The first-order valence-electron chi connectivity index (χ1n) is 9.23. The summed E-state index contributed by atoms with van der Waals surface area (Å²) in [5, 5.41) is 6.87. The van der Waals surface area contributed by atoms with Crippen LogP contribution in [-0.4, -0.2) is 37.4 Å². The maximum absolute atomic E-state index is 12.4. The number of anilines is 1. The Morgan fingerprint density at radius 1 is 0.968 bits per heavy atom. The summed E-state index contributed by atoms with van der Waals surface area (Å²) in [6.07, 6.45) is 1.43. The largest absolute Gasteiger partial charge is 0.493 e. The van der Waals surface area contributed by atoms with E-state index < -0.39 is 0 Å². The number of para-hydroxylation sites is 1. The van der Waals surface area contributed by atoms with Gasteiger partial charge in [0.2, 0.25) is 11.6 Å². The average molecular weight is 421 g/mol. The van der Waals surface area contributed by atoms with Gasteiger partial charge in [0.1, 0.15) is 0 Å². The second-order valence-electron chi connectivity index (χ2n) is 6.31. The molecular weight excluding hydrogens is 402 g/mol. The minimum Gasteiger partial charge on any atom is -0.493 e. The van der Waals surface area contributed by atoms with Crippen molar-refractivity contribution in [3.63, 3.8) is 0 Å². The summed E-state index contributed by atoms with van der Waals surface area (Å²) in [5.74, 6) is 1.76. The predicted octanol–water partition coefficient (Wildman–Crippen LogP) is 4.27. The van der Waals surface area contributed by atoms with Crippen LogP contribution in [0.1, 0.15) is 10.6 Å². The van der Waals surface area contributed by atoms with Crippen molar-refractivity contribution in [1.82, 2.24) is 10.1 Å². The highest BCUT2D eigenvalue weighted by Crippen LogP contribution is 2.41. The Labute approximate surface area is 177 Å². The Bertz CT molecular complexity index is 1170. The summed E-state index contributed by atoms with van der Waals surface area (Å²) in [6.45, 7) is 0. The lowest BCUT2D eigenvalue weighted by Crippen LogP contribution is -2.11. The van der Waals surface area contributed by atoms with E-state index in [4.69, 9.17) is 23.2 Å². The Kier molecular flexibility index (Phi) is 5.57. The number of methoxy groups -OCH3 is 3. The molecule has 0 aliphatic carbocycles. The van der Waals surface area contributed by atoms with E-state index in [-0.39, 0.29) is 17.6 Å². The molecule has 0 fully saturated rings. The molecule has 1 N–H and O–H groups in total. The molecule has 2 heterocycles. The van der Waals surface area contributed by atoms with Crippen LogP contribution in [0.25, 0.3) is 22.8 Å². The maximum Gasteiger partial charge on any atom is 0.291 e. The molecule has 0 saturated carbocycles. The van der Waals surface area contributed by atoms with Crippen molar-refractivity contribution >= 4 is 11.6 Å². The Morgan fingerprint density at radius 3 is 2.35 bits per heavy atom. The van der Waals surface area contributed by atoms with Gasteiger partial charge in [-0.15, -0.1) is 0 Å². The Balaban J connectivity index is 1.68. The zero-order valence-electron chi connectivity index (χ0n) is 17.0. The van der Waals surface area contributed by atoms with Crippen LogP contribution in [0.2, 0.25) is 0 Å². The predicted molar refractivity (Wildman–Crippen MR) is 111 cm³/mol. The van der Waals surface area contributed by atoms with Gasteiger partial charge in [0.05, 0.1) is 38.8 Å². The van der Waals surface area contributed by atoms with Gasteiger partial charge in [-0.2, -0.15) is 4.98 Å². The lowest BCUT2D eigenvalue weighted by atomic mass is 10.1. The molecule has 2 aromatic carbocycles. The lowest BCUT2D eigenvalue weighted by molar-refractivity contribution is 0.0996. The quantitative estimate of drug-likeness (QED) is 0.471. The van der Waals surface area contributed by atoms with Gasteiger partial charge < -0.3 is 28.5 Å². The van der Waals surface area contributed by atoms with E-state index in [2.05, 4.69) is 15.5 Å². The third-order valence-corrected chi connectivity index (χ3v) is 4.50. The van der Waals surface area contributed by atoms with E-state index in [1.807, 2.05) is 0 Å². The number of carbonyl (C=O) groups is 1. The number of rotatable bonds is 7. The molecule has 158 valence electrons. The highest BCUT2D eigenvalue weighted by atomic mass is 16.5. The van der Waals surface area contributed by atoms with Crippen LogP contribution >= 0.6 is 0 Å². The molecule has 0 spiro atoms.